The lowest BCUT2D eigenvalue weighted by Crippen LogP contribution is -2.41. The predicted octanol–water partition coefficient (Wildman–Crippen LogP) is 7.87. The van der Waals surface area contributed by atoms with Gasteiger partial charge < -0.3 is 9.47 Å². The normalized spacial score (nSPS) is 21.7. The molecule has 5 rings (SSSR count). The summed E-state index contributed by atoms with van der Waals surface area (Å²) < 4.78 is 11.6. The highest BCUT2D eigenvalue weighted by Gasteiger charge is 2.39. The number of carbonyl (C=O) groups excluding carboxylic acids is 1. The molecule has 1 amide bonds. The lowest BCUT2D eigenvalue weighted by molar-refractivity contribution is -0.124. The van der Waals surface area contributed by atoms with E-state index in [-0.39, 0.29) is 11.9 Å². The van der Waals surface area contributed by atoms with Crippen molar-refractivity contribution in [3.63, 3.8) is 0 Å². The second-order valence-corrected chi connectivity index (χ2v) is 11.5. The number of aliphatic imine (C=N–C) groups is 1. The van der Waals surface area contributed by atoms with Crippen molar-refractivity contribution in [2.45, 2.75) is 82.9 Å². The Labute approximate surface area is 229 Å². The second-order valence-electron chi connectivity index (χ2n) is 10.1. The van der Waals surface area contributed by atoms with E-state index in [1.165, 1.54) is 50.3 Å². The molecule has 37 heavy (non-hydrogen) atoms. The average Bonchev–Trinajstić information content (AvgIpc) is 3.23. The van der Waals surface area contributed by atoms with Crippen LogP contribution in [-0.2, 0) is 11.4 Å². The number of nitrogens with zero attached hydrogens (tertiary/aromatic N) is 2. The molecule has 1 heterocycles. The van der Waals surface area contributed by atoms with Crippen molar-refractivity contribution in [2.75, 3.05) is 7.11 Å². The summed E-state index contributed by atoms with van der Waals surface area (Å²) in [5.74, 6) is 1.11. The van der Waals surface area contributed by atoms with E-state index >= 15 is 0 Å². The highest BCUT2D eigenvalue weighted by molar-refractivity contribution is 8.18. The van der Waals surface area contributed by atoms with Crippen LogP contribution in [0.5, 0.6) is 11.5 Å². The van der Waals surface area contributed by atoms with Gasteiger partial charge in [-0.05, 0) is 66.8 Å². The van der Waals surface area contributed by atoms with Gasteiger partial charge in [-0.25, -0.2) is 0 Å². The summed E-state index contributed by atoms with van der Waals surface area (Å²) in [6, 6.07) is 14.2. The molecular formula is C30H35ClN2O3S. The minimum absolute atomic E-state index is 0.0611. The van der Waals surface area contributed by atoms with E-state index in [0.29, 0.717) is 34.1 Å². The number of thioether (sulfide) groups is 1. The number of hydrogen-bond donors (Lipinski definition) is 0. The van der Waals surface area contributed by atoms with Crippen LogP contribution in [0.1, 0.15) is 75.3 Å². The first-order valence-electron chi connectivity index (χ1n) is 13.5. The standard InChI is InChI=1S/C30H35ClN2O3S/c1-35-26-18-22(17-25(31)28(26)36-20-21-11-5-2-6-12-21)19-27-29(34)33(24-15-9-4-10-16-24)30(37-27)32-23-13-7-3-8-14-23/h2,5-6,11-12,17-19,23-24H,3-4,7-10,13-16,20H2,1H3. The van der Waals surface area contributed by atoms with Crippen LogP contribution in [0.4, 0.5) is 0 Å². The van der Waals surface area contributed by atoms with Gasteiger partial charge in [0.05, 0.1) is 23.1 Å². The van der Waals surface area contributed by atoms with E-state index in [9.17, 15) is 4.79 Å². The molecule has 0 bridgehead atoms. The van der Waals surface area contributed by atoms with Crippen LogP contribution in [0, 0.1) is 0 Å². The van der Waals surface area contributed by atoms with Gasteiger partial charge in [0.1, 0.15) is 6.61 Å². The average molecular weight is 539 g/mol. The maximum Gasteiger partial charge on any atom is 0.266 e. The van der Waals surface area contributed by atoms with Crippen molar-refractivity contribution >= 4 is 40.5 Å². The van der Waals surface area contributed by atoms with Gasteiger partial charge in [-0.15, -0.1) is 0 Å². The molecule has 3 aliphatic rings. The molecule has 0 aromatic heterocycles. The Hall–Kier alpha value is -2.44. The Morgan fingerprint density at radius 1 is 1.03 bits per heavy atom. The van der Waals surface area contributed by atoms with E-state index in [1.807, 2.05) is 53.4 Å². The number of halogens is 1. The fourth-order valence-electron chi connectivity index (χ4n) is 5.45. The van der Waals surface area contributed by atoms with Crippen LogP contribution in [0.2, 0.25) is 5.02 Å². The molecule has 0 N–H and O–H groups in total. The zero-order valence-electron chi connectivity index (χ0n) is 21.5. The van der Waals surface area contributed by atoms with Crippen molar-refractivity contribution in [2.24, 2.45) is 4.99 Å². The van der Waals surface area contributed by atoms with E-state index in [0.717, 1.165) is 42.0 Å². The Bertz CT molecular complexity index is 1150. The third kappa shape index (κ3) is 6.35. The summed E-state index contributed by atoms with van der Waals surface area (Å²) in [4.78, 5) is 21.5. The van der Waals surface area contributed by atoms with Crippen molar-refractivity contribution in [3.8, 4) is 11.5 Å². The third-order valence-corrected chi connectivity index (χ3v) is 8.70. The van der Waals surface area contributed by atoms with Crippen LogP contribution in [0.25, 0.3) is 6.08 Å². The maximum atomic E-state index is 13.7. The monoisotopic (exact) mass is 538 g/mol. The molecule has 196 valence electrons. The molecule has 0 radical (unpaired) electrons. The number of amidine groups is 1. The molecule has 1 aliphatic heterocycles. The van der Waals surface area contributed by atoms with Gasteiger partial charge in [-0.1, -0.05) is 80.5 Å². The summed E-state index contributed by atoms with van der Waals surface area (Å²) in [7, 11) is 1.60. The first-order valence-corrected chi connectivity index (χ1v) is 14.7. The Balaban J connectivity index is 1.40. The molecule has 2 aromatic rings. The Morgan fingerprint density at radius 3 is 2.43 bits per heavy atom. The van der Waals surface area contributed by atoms with Crippen LogP contribution in [0.3, 0.4) is 0 Å². The number of amides is 1. The van der Waals surface area contributed by atoms with E-state index in [2.05, 4.69) is 0 Å². The molecule has 5 nitrogen and oxygen atoms in total. The number of benzene rings is 2. The fourth-order valence-corrected chi connectivity index (χ4v) is 6.83. The van der Waals surface area contributed by atoms with Gasteiger partial charge >= 0.3 is 0 Å². The molecule has 0 unspecified atom stereocenters. The first kappa shape index (κ1) is 26.2. The van der Waals surface area contributed by atoms with Crippen LogP contribution < -0.4 is 9.47 Å². The molecular weight excluding hydrogens is 504 g/mol. The first-order chi connectivity index (χ1) is 18.1. The minimum Gasteiger partial charge on any atom is -0.493 e. The quantitative estimate of drug-likeness (QED) is 0.336. The van der Waals surface area contributed by atoms with Crippen LogP contribution in [-0.4, -0.2) is 35.2 Å². The zero-order valence-corrected chi connectivity index (χ0v) is 23.0. The molecule has 0 spiro atoms. The topological polar surface area (TPSA) is 51.1 Å². The van der Waals surface area contributed by atoms with Gasteiger partial charge in [-0.3, -0.25) is 14.7 Å². The summed E-state index contributed by atoms with van der Waals surface area (Å²) >= 11 is 8.16. The molecule has 2 aliphatic carbocycles. The lowest BCUT2D eigenvalue weighted by atomic mass is 9.94. The van der Waals surface area contributed by atoms with Crippen LogP contribution in [0.15, 0.2) is 52.4 Å². The van der Waals surface area contributed by atoms with E-state index < -0.39 is 0 Å². The van der Waals surface area contributed by atoms with Crippen molar-refractivity contribution < 1.29 is 14.3 Å². The van der Waals surface area contributed by atoms with Gasteiger partial charge in [0, 0.05) is 6.04 Å². The summed E-state index contributed by atoms with van der Waals surface area (Å²) in [6.07, 6.45) is 13.6. The number of methoxy groups -OCH3 is 1. The van der Waals surface area contributed by atoms with Crippen molar-refractivity contribution in [3.05, 3.63) is 63.5 Å². The Kier molecular flexibility index (Phi) is 8.78. The second kappa shape index (κ2) is 12.4. The molecule has 2 aromatic carbocycles. The number of carbonyl (C=O) groups is 1. The third-order valence-electron chi connectivity index (χ3n) is 7.42. The van der Waals surface area contributed by atoms with E-state index in [1.54, 1.807) is 7.11 Å². The molecule has 1 saturated heterocycles. The fraction of sp³-hybridized carbons (Fsp3) is 0.467. The zero-order chi connectivity index (χ0) is 25.6. The number of rotatable bonds is 7. The molecule has 0 atom stereocenters. The Morgan fingerprint density at radius 2 is 1.73 bits per heavy atom. The highest BCUT2D eigenvalue weighted by atomic mass is 35.5. The van der Waals surface area contributed by atoms with Gasteiger partial charge in [0.2, 0.25) is 0 Å². The predicted molar refractivity (Wildman–Crippen MR) is 152 cm³/mol. The smallest absolute Gasteiger partial charge is 0.266 e. The van der Waals surface area contributed by atoms with Gasteiger partial charge in [0.25, 0.3) is 5.91 Å². The maximum absolute atomic E-state index is 13.7. The van der Waals surface area contributed by atoms with E-state index in [4.69, 9.17) is 26.1 Å². The van der Waals surface area contributed by atoms with Crippen molar-refractivity contribution in [1.82, 2.24) is 4.90 Å². The summed E-state index contributed by atoms with van der Waals surface area (Å²) in [5.41, 5.74) is 1.86. The minimum atomic E-state index is 0.0611. The molecule has 7 heteroatoms. The summed E-state index contributed by atoms with van der Waals surface area (Å²) in [5, 5.41) is 1.34. The van der Waals surface area contributed by atoms with Crippen molar-refractivity contribution in [1.29, 1.82) is 0 Å². The number of hydrogen-bond acceptors (Lipinski definition) is 5. The largest absolute Gasteiger partial charge is 0.493 e. The molecule has 3 fully saturated rings. The SMILES string of the molecule is COc1cc(C=C2SC(=NC3CCCCC3)N(C3CCCCC3)C2=O)cc(Cl)c1OCc1ccccc1. The lowest BCUT2D eigenvalue weighted by Gasteiger charge is -2.31. The summed E-state index contributed by atoms with van der Waals surface area (Å²) in [6.45, 7) is 0.392. The van der Waals surface area contributed by atoms with Crippen LogP contribution >= 0.6 is 23.4 Å². The van der Waals surface area contributed by atoms with Gasteiger partial charge in [-0.2, -0.15) is 0 Å². The van der Waals surface area contributed by atoms with Gasteiger partial charge in [0.15, 0.2) is 16.7 Å². The molecule has 2 saturated carbocycles. The number of ether oxygens (including phenoxy) is 2. The highest BCUT2D eigenvalue weighted by Crippen LogP contribution is 2.41.